The molecule has 5 heteroatoms. The van der Waals surface area contributed by atoms with E-state index in [0.717, 1.165) is 11.1 Å². The fraction of sp³-hybridized carbons (Fsp3) is 0.200. The van der Waals surface area contributed by atoms with E-state index in [2.05, 4.69) is 11.6 Å². The molecule has 1 aromatic carbocycles. The maximum absolute atomic E-state index is 11.2. The van der Waals surface area contributed by atoms with Crippen molar-refractivity contribution < 1.29 is 15.0 Å². The summed E-state index contributed by atoms with van der Waals surface area (Å²) >= 11 is 0. The number of anilines is 1. The fourth-order valence-corrected chi connectivity index (χ4v) is 2.11. The van der Waals surface area contributed by atoms with Crippen molar-refractivity contribution in [1.29, 1.82) is 0 Å². The Morgan fingerprint density at radius 1 is 1.40 bits per heavy atom. The summed E-state index contributed by atoms with van der Waals surface area (Å²) in [7, 11) is 0. The van der Waals surface area contributed by atoms with Crippen LogP contribution < -0.4 is 4.90 Å². The number of hydrogen-bond donors (Lipinski definition) is 2. The molecule has 0 spiro atoms. The van der Waals surface area contributed by atoms with Gasteiger partial charge in [-0.2, -0.15) is 0 Å². The minimum Gasteiger partial charge on any atom is -0.477 e. The molecule has 2 N–H and O–H groups in total. The topological polar surface area (TPSA) is 73.7 Å². The highest BCUT2D eigenvalue weighted by molar-refractivity contribution is 5.97. The van der Waals surface area contributed by atoms with Crippen molar-refractivity contribution in [3.8, 4) is 0 Å². The summed E-state index contributed by atoms with van der Waals surface area (Å²) in [5.74, 6) is -1.07. The molecule has 0 aliphatic heterocycles. The van der Waals surface area contributed by atoms with E-state index in [4.69, 9.17) is 10.2 Å². The van der Waals surface area contributed by atoms with E-state index in [1.54, 1.807) is 12.1 Å². The Bertz CT molecular complexity index is 640. The SMILES string of the molecule is C=CCN(CCO)c1cc(C(=O)O)nc2ccccc12. The number of carboxylic acid groups (broad SMARTS) is 1. The number of rotatable bonds is 6. The summed E-state index contributed by atoms with van der Waals surface area (Å²) in [6, 6.07) is 8.88. The van der Waals surface area contributed by atoms with Gasteiger partial charge in [0.05, 0.1) is 12.1 Å². The molecule has 104 valence electrons. The lowest BCUT2D eigenvalue weighted by atomic mass is 10.1. The Balaban J connectivity index is 2.64. The van der Waals surface area contributed by atoms with Crippen molar-refractivity contribution >= 4 is 22.6 Å². The number of carbonyl (C=O) groups is 1. The number of pyridine rings is 1. The summed E-state index contributed by atoms with van der Waals surface area (Å²) in [6.45, 7) is 4.59. The first-order valence-electron chi connectivity index (χ1n) is 6.27. The third-order valence-electron chi connectivity index (χ3n) is 2.97. The highest BCUT2D eigenvalue weighted by atomic mass is 16.4. The average Bonchev–Trinajstić information content (AvgIpc) is 2.46. The van der Waals surface area contributed by atoms with Gasteiger partial charge in [-0.15, -0.1) is 6.58 Å². The van der Waals surface area contributed by atoms with Gasteiger partial charge in [-0.05, 0) is 12.1 Å². The van der Waals surface area contributed by atoms with Crippen molar-refractivity contribution in [1.82, 2.24) is 4.98 Å². The molecule has 0 aliphatic carbocycles. The molecule has 0 radical (unpaired) electrons. The number of aromatic carboxylic acids is 1. The smallest absolute Gasteiger partial charge is 0.354 e. The van der Waals surface area contributed by atoms with Crippen LogP contribution >= 0.6 is 0 Å². The number of benzene rings is 1. The summed E-state index contributed by atoms with van der Waals surface area (Å²) in [4.78, 5) is 17.2. The lowest BCUT2D eigenvalue weighted by Gasteiger charge is -2.24. The van der Waals surface area contributed by atoms with Gasteiger partial charge < -0.3 is 15.1 Å². The van der Waals surface area contributed by atoms with Gasteiger partial charge in [-0.3, -0.25) is 0 Å². The van der Waals surface area contributed by atoms with Gasteiger partial charge in [0.25, 0.3) is 0 Å². The molecule has 5 nitrogen and oxygen atoms in total. The van der Waals surface area contributed by atoms with E-state index < -0.39 is 5.97 Å². The molecule has 0 amide bonds. The fourth-order valence-electron chi connectivity index (χ4n) is 2.11. The molecule has 0 saturated heterocycles. The summed E-state index contributed by atoms with van der Waals surface area (Å²) in [5.41, 5.74) is 1.35. The Morgan fingerprint density at radius 3 is 2.80 bits per heavy atom. The van der Waals surface area contributed by atoms with Crippen LogP contribution in [0.3, 0.4) is 0 Å². The van der Waals surface area contributed by atoms with Crippen LogP contribution in [0.2, 0.25) is 0 Å². The lowest BCUT2D eigenvalue weighted by molar-refractivity contribution is 0.0691. The van der Waals surface area contributed by atoms with Gasteiger partial charge in [0.1, 0.15) is 0 Å². The second-order valence-electron chi connectivity index (χ2n) is 4.31. The van der Waals surface area contributed by atoms with Crippen molar-refractivity contribution in [2.45, 2.75) is 0 Å². The van der Waals surface area contributed by atoms with E-state index in [1.165, 1.54) is 6.07 Å². The number of hydrogen-bond acceptors (Lipinski definition) is 4. The molecule has 0 atom stereocenters. The van der Waals surface area contributed by atoms with Crippen LogP contribution in [0, 0.1) is 0 Å². The highest BCUT2D eigenvalue weighted by Gasteiger charge is 2.14. The van der Waals surface area contributed by atoms with Crippen molar-refractivity contribution in [2.75, 3.05) is 24.6 Å². The molecule has 0 bridgehead atoms. The Morgan fingerprint density at radius 2 is 2.15 bits per heavy atom. The molecule has 0 saturated carbocycles. The summed E-state index contributed by atoms with van der Waals surface area (Å²) in [5, 5.41) is 19.2. The largest absolute Gasteiger partial charge is 0.477 e. The monoisotopic (exact) mass is 272 g/mol. The number of aliphatic hydroxyl groups is 1. The average molecular weight is 272 g/mol. The van der Waals surface area contributed by atoms with Gasteiger partial charge in [0.15, 0.2) is 5.69 Å². The number of para-hydroxylation sites is 1. The number of aliphatic hydroxyl groups excluding tert-OH is 1. The van der Waals surface area contributed by atoms with Crippen LogP contribution in [0.4, 0.5) is 5.69 Å². The predicted molar refractivity (Wildman–Crippen MR) is 78.2 cm³/mol. The van der Waals surface area contributed by atoms with Crippen LogP contribution in [-0.4, -0.2) is 40.9 Å². The molecular formula is C15H16N2O3. The van der Waals surface area contributed by atoms with E-state index in [-0.39, 0.29) is 12.3 Å². The van der Waals surface area contributed by atoms with Gasteiger partial charge >= 0.3 is 5.97 Å². The van der Waals surface area contributed by atoms with E-state index in [0.29, 0.717) is 18.6 Å². The van der Waals surface area contributed by atoms with Crippen LogP contribution in [0.5, 0.6) is 0 Å². The maximum Gasteiger partial charge on any atom is 0.354 e. The third kappa shape index (κ3) is 2.78. The predicted octanol–water partition coefficient (Wildman–Crippen LogP) is 1.92. The number of carboxylic acids is 1. The Labute approximate surface area is 116 Å². The minimum absolute atomic E-state index is 0.00861. The van der Waals surface area contributed by atoms with Crippen LogP contribution in [0.25, 0.3) is 10.9 Å². The first kappa shape index (κ1) is 14.0. The first-order valence-corrected chi connectivity index (χ1v) is 6.27. The molecule has 2 rings (SSSR count). The molecule has 2 aromatic rings. The maximum atomic E-state index is 11.2. The first-order chi connectivity index (χ1) is 9.67. The number of aromatic nitrogens is 1. The van der Waals surface area contributed by atoms with Crippen molar-refractivity contribution in [3.05, 3.63) is 48.7 Å². The summed E-state index contributed by atoms with van der Waals surface area (Å²) in [6.07, 6.45) is 1.71. The van der Waals surface area contributed by atoms with E-state index in [9.17, 15) is 4.79 Å². The van der Waals surface area contributed by atoms with Crippen LogP contribution in [0.1, 0.15) is 10.5 Å². The quantitative estimate of drug-likeness (QED) is 0.786. The minimum atomic E-state index is -1.07. The Kier molecular flexibility index (Phi) is 4.32. The van der Waals surface area contributed by atoms with Crippen molar-refractivity contribution in [3.63, 3.8) is 0 Å². The zero-order valence-corrected chi connectivity index (χ0v) is 11.0. The van der Waals surface area contributed by atoms with Crippen LogP contribution in [0.15, 0.2) is 43.0 Å². The van der Waals surface area contributed by atoms with Gasteiger partial charge in [-0.1, -0.05) is 24.3 Å². The van der Waals surface area contributed by atoms with Gasteiger partial charge in [-0.25, -0.2) is 9.78 Å². The van der Waals surface area contributed by atoms with Gasteiger partial charge in [0, 0.05) is 24.2 Å². The highest BCUT2D eigenvalue weighted by Crippen LogP contribution is 2.26. The van der Waals surface area contributed by atoms with E-state index >= 15 is 0 Å². The van der Waals surface area contributed by atoms with Gasteiger partial charge in [0.2, 0.25) is 0 Å². The number of nitrogens with zero attached hydrogens (tertiary/aromatic N) is 2. The molecule has 1 heterocycles. The normalized spacial score (nSPS) is 10.4. The number of fused-ring (bicyclic) bond motifs is 1. The van der Waals surface area contributed by atoms with E-state index in [1.807, 2.05) is 23.1 Å². The van der Waals surface area contributed by atoms with Crippen molar-refractivity contribution in [2.24, 2.45) is 0 Å². The second-order valence-corrected chi connectivity index (χ2v) is 4.31. The second kappa shape index (κ2) is 6.16. The zero-order valence-electron chi connectivity index (χ0n) is 11.0. The zero-order chi connectivity index (χ0) is 14.5. The molecule has 1 aromatic heterocycles. The molecule has 0 unspecified atom stereocenters. The lowest BCUT2D eigenvalue weighted by Crippen LogP contribution is -2.27. The molecule has 0 aliphatic rings. The van der Waals surface area contributed by atoms with Crippen LogP contribution in [-0.2, 0) is 0 Å². The summed E-state index contributed by atoms with van der Waals surface area (Å²) < 4.78 is 0. The Hall–Kier alpha value is -2.40. The molecule has 0 fully saturated rings. The molecular weight excluding hydrogens is 256 g/mol. The molecule has 20 heavy (non-hydrogen) atoms. The standard InChI is InChI=1S/C15H16N2O3/c1-2-7-17(8-9-18)14-10-13(15(19)20)16-12-6-4-3-5-11(12)14/h2-6,10,18H,1,7-9H2,(H,19,20). The third-order valence-corrected chi connectivity index (χ3v) is 2.97.